The van der Waals surface area contributed by atoms with Crippen molar-refractivity contribution in [3.63, 3.8) is 0 Å². The molecule has 0 atom stereocenters. The highest BCUT2D eigenvalue weighted by Gasteiger charge is 2.34. The Hall–Kier alpha value is -1.97. The Balaban J connectivity index is 3.40. The van der Waals surface area contributed by atoms with Gasteiger partial charge in [-0.15, -0.1) is 13.2 Å². The number of nitrogens with two attached hydrogens (primary N) is 1. The van der Waals surface area contributed by atoms with Gasteiger partial charge < -0.3 is 15.2 Å². The van der Waals surface area contributed by atoms with E-state index in [1.165, 1.54) is 6.92 Å². The molecule has 118 valence electrons. The Morgan fingerprint density at radius 1 is 1.43 bits per heavy atom. The molecule has 21 heavy (non-hydrogen) atoms. The van der Waals surface area contributed by atoms with Crippen LogP contribution in [-0.2, 0) is 11.3 Å². The third-order valence-electron chi connectivity index (χ3n) is 2.26. The van der Waals surface area contributed by atoms with E-state index >= 15 is 0 Å². The number of esters is 1. The molecule has 5 nitrogen and oxygen atoms in total. The highest BCUT2D eigenvalue weighted by atomic mass is 19.4. The van der Waals surface area contributed by atoms with Crippen molar-refractivity contribution in [3.05, 3.63) is 22.9 Å². The zero-order valence-electron chi connectivity index (χ0n) is 10.7. The number of aromatic nitrogens is 1. The molecule has 0 radical (unpaired) electrons. The van der Waals surface area contributed by atoms with Crippen molar-refractivity contribution in [1.29, 1.82) is 0 Å². The van der Waals surface area contributed by atoms with Gasteiger partial charge in [0.25, 0.3) is 6.43 Å². The van der Waals surface area contributed by atoms with E-state index < -0.39 is 48.0 Å². The lowest BCUT2D eigenvalue weighted by atomic mass is 10.1. The van der Waals surface area contributed by atoms with Gasteiger partial charge in [0.2, 0.25) is 5.88 Å². The lowest BCUT2D eigenvalue weighted by Gasteiger charge is -2.15. The SMILES string of the molecule is CCOC(=O)c1cc(C(F)F)c(CN)c(OC(F)(F)F)n1. The number of hydrogen-bond donors (Lipinski definition) is 1. The average molecular weight is 314 g/mol. The molecule has 0 aromatic carbocycles. The summed E-state index contributed by atoms with van der Waals surface area (Å²) in [5.74, 6) is -2.33. The van der Waals surface area contributed by atoms with Crippen LogP contribution in [0.1, 0.15) is 35.0 Å². The summed E-state index contributed by atoms with van der Waals surface area (Å²) in [6.45, 7) is 0.674. The molecule has 1 heterocycles. The van der Waals surface area contributed by atoms with Crippen LogP contribution in [0.3, 0.4) is 0 Å². The number of pyridine rings is 1. The van der Waals surface area contributed by atoms with Crippen LogP contribution in [0.15, 0.2) is 6.07 Å². The van der Waals surface area contributed by atoms with E-state index in [4.69, 9.17) is 5.73 Å². The normalized spacial score (nSPS) is 11.6. The summed E-state index contributed by atoms with van der Waals surface area (Å²) < 4.78 is 70.6. The Labute approximate surface area is 115 Å². The third-order valence-corrected chi connectivity index (χ3v) is 2.26. The zero-order valence-corrected chi connectivity index (χ0v) is 10.7. The smallest absolute Gasteiger partial charge is 0.461 e. The number of alkyl halides is 5. The Kier molecular flexibility index (Phi) is 5.41. The lowest BCUT2D eigenvalue weighted by Crippen LogP contribution is -2.22. The predicted octanol–water partition coefficient (Wildman–Crippen LogP) is 2.55. The summed E-state index contributed by atoms with van der Waals surface area (Å²) in [5.41, 5.74) is 2.94. The second-order valence-corrected chi connectivity index (χ2v) is 3.65. The molecule has 0 amide bonds. The number of nitrogens with zero attached hydrogens (tertiary/aromatic N) is 1. The summed E-state index contributed by atoms with van der Waals surface area (Å²) in [6, 6.07) is 0.633. The van der Waals surface area contributed by atoms with Gasteiger partial charge in [-0.2, -0.15) is 0 Å². The first kappa shape index (κ1) is 17.1. The van der Waals surface area contributed by atoms with Crippen molar-refractivity contribution in [3.8, 4) is 5.88 Å². The van der Waals surface area contributed by atoms with Crippen molar-refractivity contribution in [2.45, 2.75) is 26.3 Å². The van der Waals surface area contributed by atoms with E-state index in [1.807, 2.05) is 0 Å². The van der Waals surface area contributed by atoms with Crippen molar-refractivity contribution in [2.24, 2.45) is 5.73 Å². The molecule has 0 unspecified atom stereocenters. The summed E-state index contributed by atoms with van der Waals surface area (Å²) in [7, 11) is 0. The fourth-order valence-electron chi connectivity index (χ4n) is 1.47. The number of carbonyl (C=O) groups is 1. The first-order valence-corrected chi connectivity index (χ1v) is 5.64. The molecular formula is C11H11F5N2O3. The van der Waals surface area contributed by atoms with E-state index in [9.17, 15) is 26.7 Å². The maximum absolute atomic E-state index is 12.9. The maximum atomic E-state index is 12.9. The van der Waals surface area contributed by atoms with Crippen LogP contribution in [0.2, 0.25) is 0 Å². The molecule has 2 N–H and O–H groups in total. The quantitative estimate of drug-likeness (QED) is 0.668. The van der Waals surface area contributed by atoms with Gasteiger partial charge >= 0.3 is 12.3 Å². The summed E-state index contributed by atoms with van der Waals surface area (Å²) in [6.07, 6.45) is -8.32. The molecule has 1 aromatic rings. The van der Waals surface area contributed by atoms with E-state index in [0.717, 1.165) is 0 Å². The molecule has 10 heteroatoms. The van der Waals surface area contributed by atoms with Crippen molar-refractivity contribution >= 4 is 5.97 Å². The Morgan fingerprint density at radius 2 is 2.05 bits per heavy atom. The van der Waals surface area contributed by atoms with Gasteiger partial charge in [-0.1, -0.05) is 0 Å². The van der Waals surface area contributed by atoms with Gasteiger partial charge in [-0.05, 0) is 13.0 Å². The van der Waals surface area contributed by atoms with Gasteiger partial charge in [-0.25, -0.2) is 18.6 Å². The van der Waals surface area contributed by atoms with Crippen molar-refractivity contribution in [1.82, 2.24) is 4.98 Å². The standard InChI is InChI=1S/C11H11F5N2O3/c1-2-20-10(19)7-3-5(8(12)13)6(4-17)9(18-7)21-11(14,15)16/h3,8H,2,4,17H2,1H3. The summed E-state index contributed by atoms with van der Waals surface area (Å²) >= 11 is 0. The van der Waals surface area contributed by atoms with Gasteiger partial charge in [0.1, 0.15) is 0 Å². The van der Waals surface area contributed by atoms with E-state index in [0.29, 0.717) is 6.07 Å². The van der Waals surface area contributed by atoms with Crippen LogP contribution in [-0.4, -0.2) is 23.9 Å². The third kappa shape index (κ3) is 4.52. The second-order valence-electron chi connectivity index (χ2n) is 3.65. The van der Waals surface area contributed by atoms with Crippen LogP contribution in [0.25, 0.3) is 0 Å². The minimum atomic E-state index is -5.16. The first-order chi connectivity index (χ1) is 9.69. The molecule has 1 aromatic heterocycles. The molecule has 1 rings (SSSR count). The van der Waals surface area contributed by atoms with E-state index in [-0.39, 0.29) is 6.61 Å². The summed E-state index contributed by atoms with van der Waals surface area (Å²) in [4.78, 5) is 14.7. The molecule has 0 saturated heterocycles. The molecule has 0 aliphatic carbocycles. The molecule has 0 fully saturated rings. The van der Waals surface area contributed by atoms with E-state index in [2.05, 4.69) is 14.5 Å². The highest BCUT2D eigenvalue weighted by molar-refractivity contribution is 5.87. The van der Waals surface area contributed by atoms with Crippen molar-refractivity contribution in [2.75, 3.05) is 6.61 Å². The maximum Gasteiger partial charge on any atom is 0.574 e. The number of ether oxygens (including phenoxy) is 2. The van der Waals surface area contributed by atoms with Crippen LogP contribution in [0.4, 0.5) is 22.0 Å². The molecule has 0 aliphatic heterocycles. The lowest BCUT2D eigenvalue weighted by molar-refractivity contribution is -0.276. The van der Waals surface area contributed by atoms with Crippen LogP contribution >= 0.6 is 0 Å². The van der Waals surface area contributed by atoms with Crippen LogP contribution < -0.4 is 10.5 Å². The number of rotatable bonds is 5. The Morgan fingerprint density at radius 3 is 2.48 bits per heavy atom. The topological polar surface area (TPSA) is 74.4 Å². The minimum absolute atomic E-state index is 0.0986. The van der Waals surface area contributed by atoms with Gasteiger partial charge in [0, 0.05) is 17.7 Å². The molecule has 0 aliphatic rings. The fourth-order valence-corrected chi connectivity index (χ4v) is 1.47. The molecule has 0 bridgehead atoms. The highest BCUT2D eigenvalue weighted by Crippen LogP contribution is 2.32. The number of carbonyl (C=O) groups excluding carboxylic acids is 1. The monoisotopic (exact) mass is 314 g/mol. The predicted molar refractivity (Wildman–Crippen MR) is 59.7 cm³/mol. The van der Waals surface area contributed by atoms with Crippen molar-refractivity contribution < 1.29 is 36.2 Å². The molecular weight excluding hydrogens is 303 g/mol. The molecule has 0 spiro atoms. The number of halogens is 5. The van der Waals surface area contributed by atoms with Gasteiger partial charge in [-0.3, -0.25) is 0 Å². The number of hydrogen-bond acceptors (Lipinski definition) is 5. The Bertz CT molecular complexity index is 519. The van der Waals surface area contributed by atoms with Crippen LogP contribution in [0, 0.1) is 0 Å². The van der Waals surface area contributed by atoms with E-state index in [1.54, 1.807) is 0 Å². The average Bonchev–Trinajstić information content (AvgIpc) is 2.36. The second kappa shape index (κ2) is 6.66. The largest absolute Gasteiger partial charge is 0.574 e. The van der Waals surface area contributed by atoms with Crippen LogP contribution in [0.5, 0.6) is 5.88 Å². The fraction of sp³-hybridized carbons (Fsp3) is 0.455. The summed E-state index contributed by atoms with van der Waals surface area (Å²) in [5, 5.41) is 0. The zero-order chi connectivity index (χ0) is 16.2. The van der Waals surface area contributed by atoms with Gasteiger partial charge in [0.15, 0.2) is 5.69 Å². The minimum Gasteiger partial charge on any atom is -0.461 e. The van der Waals surface area contributed by atoms with Gasteiger partial charge in [0.05, 0.1) is 6.61 Å². The molecule has 0 saturated carbocycles. The first-order valence-electron chi connectivity index (χ1n) is 5.64.